The smallest absolute Gasteiger partial charge is 0.407 e. The number of rotatable bonds is 20. The van der Waals surface area contributed by atoms with Crippen LogP contribution in [-0.2, 0) is 46.3 Å². The number of pyridine rings is 1. The maximum absolute atomic E-state index is 15.9. The molecular weight excluding hydrogens is 1030 g/mol. The van der Waals surface area contributed by atoms with Crippen molar-refractivity contribution in [3.8, 4) is 11.8 Å². The van der Waals surface area contributed by atoms with Crippen LogP contribution in [0.25, 0.3) is 0 Å². The summed E-state index contributed by atoms with van der Waals surface area (Å²) >= 11 is 0. The highest BCUT2D eigenvalue weighted by Gasteiger charge is 2.57. The minimum Gasteiger partial charge on any atom is -0.469 e. The number of aromatic nitrogens is 1. The number of alkyl halides is 6. The van der Waals surface area contributed by atoms with Crippen LogP contribution >= 0.6 is 0 Å². The first kappa shape index (κ1) is 58.7. The first-order valence-corrected chi connectivity index (χ1v) is 25.2. The lowest BCUT2D eigenvalue weighted by Crippen LogP contribution is -2.62. The number of anilines is 1. The van der Waals surface area contributed by atoms with Gasteiger partial charge in [0.2, 0.25) is 5.91 Å². The molecule has 4 fully saturated rings. The fourth-order valence-corrected chi connectivity index (χ4v) is 10.2. The summed E-state index contributed by atoms with van der Waals surface area (Å²) in [6, 6.07) is 11.3. The average molecular weight is 1090 g/mol. The third kappa shape index (κ3) is 13.7. The molecule has 4 aliphatic rings. The number of aliphatic hydroxyl groups is 1. The zero-order valence-electron chi connectivity index (χ0n) is 43.5. The fraction of sp³-hybridized carbons (Fsp3) is 0.574. The standard InChI is InChI=1S/C54H64F8N6O9/c1-51(2,53(57,58)59)41(21-47(71)74-5)49(72)65-67(25-40-42(55)18-34(19-43(40)56)36-27-76-28-36)26-45(70)35(20-44(69)48(64-50(73)75-6)52(3,4)54(60,61)62)17-32-10-7-31(8-11-32)9-12-33-13-16-46(63-22-33)66-23-37-14-15-38(24-66)68(37)39-29-77-30-39/h7-8,10-11,13,16,18-19,22,35-39,41,45,48,70H,14-15,17,20-21,23-30H2,1-6H3,(H,64,73)(H,65,72)/t35-,37?,38?,41-,45+,48-/m1/s1. The van der Waals surface area contributed by atoms with Gasteiger partial charge < -0.3 is 34.3 Å². The maximum Gasteiger partial charge on any atom is 0.407 e. The van der Waals surface area contributed by atoms with Gasteiger partial charge in [0, 0.05) is 73.5 Å². The number of hydrogen-bond donors (Lipinski definition) is 3. The summed E-state index contributed by atoms with van der Waals surface area (Å²) in [5.41, 5.74) is -2.55. The molecule has 3 aromatic rings. The Labute approximate surface area is 441 Å². The van der Waals surface area contributed by atoms with Crippen molar-refractivity contribution in [2.24, 2.45) is 22.7 Å². The van der Waals surface area contributed by atoms with Crippen LogP contribution in [0.15, 0.2) is 54.7 Å². The van der Waals surface area contributed by atoms with Gasteiger partial charge >= 0.3 is 24.4 Å². The number of hydrazine groups is 1. The SMILES string of the molecule is COC(=O)C[C@H](C(=O)NN(Cc1c(F)cc(C2COC2)cc1F)C[C@H](O)[C@@H](CC(=O)[C@@H](NC(=O)OC)C(C)(C)C(F)(F)F)Cc1ccc(C#Cc2ccc(N3CC4CCC(C3)N4C3COC3)nc2)cc1)C(C)(C)C(F)(F)F. The molecule has 7 rings (SSSR count). The Morgan fingerprint density at radius 2 is 1.39 bits per heavy atom. The quantitative estimate of drug-likeness (QED) is 0.0457. The molecule has 5 heterocycles. The highest BCUT2D eigenvalue weighted by Crippen LogP contribution is 2.46. The van der Waals surface area contributed by atoms with Gasteiger partial charge in [-0.15, -0.1) is 0 Å². The van der Waals surface area contributed by atoms with Crippen molar-refractivity contribution < 1.29 is 78.4 Å². The number of ketones is 1. The maximum atomic E-state index is 15.9. The molecule has 0 aliphatic carbocycles. The molecular formula is C54H64F8N6O9. The van der Waals surface area contributed by atoms with E-state index in [0.29, 0.717) is 67.5 Å². The first-order valence-electron chi connectivity index (χ1n) is 25.2. The summed E-state index contributed by atoms with van der Waals surface area (Å²) in [6.07, 6.45) is -11.8. The third-order valence-electron chi connectivity index (χ3n) is 15.5. The molecule has 0 radical (unpaired) electrons. The van der Waals surface area contributed by atoms with Crippen LogP contribution in [-0.4, -0.2) is 147 Å². The van der Waals surface area contributed by atoms with E-state index in [0.717, 1.165) is 71.3 Å². The lowest BCUT2D eigenvalue weighted by Gasteiger charge is -2.47. The second kappa shape index (κ2) is 24.0. The molecule has 2 bridgehead atoms. The zero-order valence-corrected chi connectivity index (χ0v) is 43.5. The number of Topliss-reactive ketones (excluding diaryl/α,β-unsaturated/α-hetero) is 1. The minimum absolute atomic E-state index is 0.179. The topological polar surface area (TPSA) is 172 Å². The van der Waals surface area contributed by atoms with E-state index < -0.39 is 114 Å². The molecule has 15 nitrogen and oxygen atoms in total. The fourth-order valence-electron chi connectivity index (χ4n) is 10.2. The molecule has 2 amide bonds. The van der Waals surface area contributed by atoms with Crippen molar-refractivity contribution in [1.82, 2.24) is 25.6 Å². The van der Waals surface area contributed by atoms with Crippen LogP contribution in [0.2, 0.25) is 0 Å². The number of carbonyl (C=O) groups excluding carboxylic acids is 4. The average Bonchev–Trinajstić information content (AvgIpc) is 3.56. The summed E-state index contributed by atoms with van der Waals surface area (Å²) in [4.78, 5) is 62.7. The van der Waals surface area contributed by atoms with Crippen molar-refractivity contribution in [3.63, 3.8) is 0 Å². The Hall–Kier alpha value is -5.93. The van der Waals surface area contributed by atoms with E-state index in [-0.39, 0.29) is 31.1 Å². The monoisotopic (exact) mass is 1090 g/mol. The molecule has 2 unspecified atom stereocenters. The van der Waals surface area contributed by atoms with E-state index >= 15 is 8.78 Å². The third-order valence-corrected chi connectivity index (χ3v) is 15.5. The number of fused-ring (bicyclic) bond motifs is 2. The van der Waals surface area contributed by atoms with Gasteiger partial charge in [0.15, 0.2) is 5.78 Å². The number of nitrogens with one attached hydrogen (secondary N) is 2. The van der Waals surface area contributed by atoms with Gasteiger partial charge in [-0.05, 0) is 86.6 Å². The van der Waals surface area contributed by atoms with Gasteiger partial charge in [0.1, 0.15) is 23.5 Å². The molecule has 3 N–H and O–H groups in total. The molecule has 0 saturated carbocycles. The van der Waals surface area contributed by atoms with Crippen LogP contribution in [0.3, 0.4) is 0 Å². The summed E-state index contributed by atoms with van der Waals surface area (Å²) in [7, 11) is 1.77. The molecule has 4 aliphatic heterocycles. The lowest BCUT2D eigenvalue weighted by molar-refractivity contribution is -0.231. The molecule has 4 saturated heterocycles. The van der Waals surface area contributed by atoms with Gasteiger partial charge in [-0.2, -0.15) is 26.3 Å². The van der Waals surface area contributed by atoms with E-state index in [9.17, 15) is 50.6 Å². The highest BCUT2D eigenvalue weighted by atomic mass is 19.4. The summed E-state index contributed by atoms with van der Waals surface area (Å²) < 4.78 is 139. The van der Waals surface area contributed by atoms with Crippen LogP contribution in [0.4, 0.5) is 45.7 Å². The summed E-state index contributed by atoms with van der Waals surface area (Å²) in [6.45, 7) is 4.44. The predicted molar refractivity (Wildman–Crippen MR) is 263 cm³/mol. The van der Waals surface area contributed by atoms with Crippen LogP contribution in [0.5, 0.6) is 0 Å². The number of benzene rings is 2. The zero-order chi connectivity index (χ0) is 56.2. The van der Waals surface area contributed by atoms with Crippen molar-refractivity contribution in [3.05, 3.63) is 94.2 Å². The van der Waals surface area contributed by atoms with E-state index in [1.54, 1.807) is 30.5 Å². The number of methoxy groups -OCH3 is 2. The Bertz CT molecular complexity index is 2620. The number of ether oxygens (including phenoxy) is 4. The van der Waals surface area contributed by atoms with Crippen molar-refractivity contribution in [1.29, 1.82) is 0 Å². The summed E-state index contributed by atoms with van der Waals surface area (Å²) in [5, 5.41) is 14.8. The van der Waals surface area contributed by atoms with Gasteiger partial charge in [-0.25, -0.2) is 23.6 Å². The Balaban J connectivity index is 1.16. The van der Waals surface area contributed by atoms with Crippen molar-refractivity contribution in [2.45, 2.75) is 115 Å². The van der Waals surface area contributed by atoms with Gasteiger partial charge in [-0.3, -0.25) is 24.7 Å². The largest absolute Gasteiger partial charge is 0.469 e. The Morgan fingerprint density at radius 1 is 0.805 bits per heavy atom. The van der Waals surface area contributed by atoms with Gasteiger partial charge in [-0.1, -0.05) is 37.8 Å². The number of amides is 2. The number of alkyl carbamates (subject to hydrolysis) is 1. The highest BCUT2D eigenvalue weighted by molar-refractivity contribution is 5.88. The number of esters is 1. The normalized spacial score (nSPS) is 20.0. The van der Waals surface area contributed by atoms with Crippen LogP contribution in [0.1, 0.15) is 87.1 Å². The second-order valence-corrected chi connectivity index (χ2v) is 21.4. The number of piperazine rings is 1. The number of aliphatic hydroxyl groups excluding tert-OH is 1. The minimum atomic E-state index is -5.09. The summed E-state index contributed by atoms with van der Waals surface area (Å²) in [5.74, 6) is -3.17. The van der Waals surface area contributed by atoms with Crippen molar-refractivity contribution >= 4 is 29.6 Å². The van der Waals surface area contributed by atoms with E-state index in [1.165, 1.54) is 0 Å². The Kier molecular flexibility index (Phi) is 18.3. The Morgan fingerprint density at radius 3 is 1.90 bits per heavy atom. The molecule has 23 heteroatoms. The van der Waals surface area contributed by atoms with E-state index in [4.69, 9.17) is 14.5 Å². The molecule has 420 valence electrons. The number of halogens is 8. The molecule has 6 atom stereocenters. The number of nitrogens with zero attached hydrogens (tertiary/aromatic N) is 4. The van der Waals surface area contributed by atoms with E-state index in [2.05, 4.69) is 36.5 Å². The second-order valence-electron chi connectivity index (χ2n) is 21.4. The molecule has 77 heavy (non-hydrogen) atoms. The van der Waals surface area contributed by atoms with Gasteiger partial charge in [0.05, 0.1) is 76.0 Å². The molecule has 0 spiro atoms. The number of carbonyl (C=O) groups is 4. The van der Waals surface area contributed by atoms with Crippen LogP contribution in [0, 0.1) is 46.1 Å². The predicted octanol–water partition coefficient (Wildman–Crippen LogP) is 7.02. The van der Waals surface area contributed by atoms with Crippen molar-refractivity contribution in [2.75, 3.05) is 65.2 Å². The first-order chi connectivity index (χ1) is 36.2. The molecule has 2 aromatic carbocycles. The van der Waals surface area contributed by atoms with E-state index in [1.807, 2.05) is 17.4 Å². The van der Waals surface area contributed by atoms with Gasteiger partial charge in [0.25, 0.3) is 0 Å². The van der Waals surface area contributed by atoms with Crippen LogP contribution < -0.4 is 15.6 Å². The molecule has 1 aromatic heterocycles. The lowest BCUT2D eigenvalue weighted by atomic mass is 9.75. The number of hydrogen-bond acceptors (Lipinski definition) is 13.